The van der Waals surface area contributed by atoms with Crippen LogP contribution in [0.3, 0.4) is 0 Å². The third kappa shape index (κ3) is 11.2. The summed E-state index contributed by atoms with van der Waals surface area (Å²) in [7, 11) is 0. The van der Waals surface area contributed by atoms with Crippen molar-refractivity contribution in [1.82, 2.24) is 0 Å². The van der Waals surface area contributed by atoms with Gasteiger partial charge in [-0.1, -0.05) is 25.0 Å². The molecule has 0 aromatic rings. The number of hydrogen-bond acceptors (Lipinski definition) is 1. The van der Waals surface area contributed by atoms with Gasteiger partial charge in [0.1, 0.15) is 5.83 Å². The average Bonchev–Trinajstić information content (AvgIpc) is 2.21. The van der Waals surface area contributed by atoms with Gasteiger partial charge in [-0.2, -0.15) is 0 Å². The van der Waals surface area contributed by atoms with Crippen molar-refractivity contribution in [1.29, 1.82) is 0 Å². The van der Waals surface area contributed by atoms with Gasteiger partial charge in [0, 0.05) is 6.42 Å². The maximum Gasteiger partial charge on any atom is 0.196 e. The highest BCUT2D eigenvalue weighted by Crippen LogP contribution is 2.09. The minimum atomic E-state index is -1.67. The average molecular weight is 218 g/mol. The number of unbranched alkanes of at least 4 members (excludes halogenated alkanes) is 4. The van der Waals surface area contributed by atoms with Gasteiger partial charge in [-0.15, -0.1) is 0 Å². The lowest BCUT2D eigenvalue weighted by atomic mass is 10.1. The Morgan fingerprint density at radius 1 is 1.27 bits per heavy atom. The van der Waals surface area contributed by atoms with Gasteiger partial charge in [0.2, 0.25) is 0 Å². The summed E-state index contributed by atoms with van der Waals surface area (Å²) in [5, 5.41) is 8.36. The molecule has 0 aromatic heterocycles. The maximum atomic E-state index is 12.6. The molecular formula is C12H20F2O. The minimum absolute atomic E-state index is 0.212. The van der Waals surface area contributed by atoms with Gasteiger partial charge < -0.3 is 5.11 Å². The second-order valence-electron chi connectivity index (χ2n) is 3.50. The molecule has 0 bridgehead atoms. The number of allylic oxidation sites excluding steroid dienone is 4. The highest BCUT2D eigenvalue weighted by atomic mass is 19.1. The summed E-state index contributed by atoms with van der Waals surface area (Å²) in [4.78, 5) is 0. The molecule has 0 aliphatic carbocycles. The van der Waals surface area contributed by atoms with Crippen LogP contribution in [0, 0.1) is 0 Å². The Morgan fingerprint density at radius 2 is 1.93 bits per heavy atom. The number of aliphatic hydroxyl groups is 1. The Labute approximate surface area is 90.5 Å². The molecule has 1 nitrogen and oxygen atoms in total. The zero-order chi connectivity index (χ0) is 11.5. The summed E-state index contributed by atoms with van der Waals surface area (Å²) < 4.78 is 24.5. The summed E-state index contributed by atoms with van der Waals surface area (Å²) in [6.07, 6.45) is 7.69. The molecule has 0 aromatic carbocycles. The Morgan fingerprint density at radius 3 is 2.53 bits per heavy atom. The monoisotopic (exact) mass is 218 g/mol. The fraction of sp³-hybridized carbons (Fsp3) is 0.667. The van der Waals surface area contributed by atoms with E-state index in [0.29, 0.717) is 6.42 Å². The fourth-order valence-corrected chi connectivity index (χ4v) is 1.22. The molecular weight excluding hydrogens is 198 g/mol. The molecule has 0 radical (unpaired) electrons. The SMILES string of the molecule is C/C=C(F)\C=C\CCCCCCC(O)F. The van der Waals surface area contributed by atoms with Crippen LogP contribution < -0.4 is 0 Å². The summed E-state index contributed by atoms with van der Waals surface area (Å²) in [6.45, 7) is 1.65. The van der Waals surface area contributed by atoms with Crippen LogP contribution in [0.1, 0.15) is 45.4 Å². The second kappa shape index (κ2) is 9.84. The molecule has 0 amide bonds. The van der Waals surface area contributed by atoms with Crippen LogP contribution in [0.5, 0.6) is 0 Å². The molecule has 0 saturated heterocycles. The van der Waals surface area contributed by atoms with Crippen molar-refractivity contribution < 1.29 is 13.9 Å². The van der Waals surface area contributed by atoms with E-state index >= 15 is 0 Å². The summed E-state index contributed by atoms with van der Waals surface area (Å²) >= 11 is 0. The Kier molecular flexibility index (Phi) is 9.38. The zero-order valence-corrected chi connectivity index (χ0v) is 9.26. The first-order valence-corrected chi connectivity index (χ1v) is 5.47. The van der Waals surface area contributed by atoms with Crippen LogP contribution >= 0.6 is 0 Å². The van der Waals surface area contributed by atoms with E-state index in [1.54, 1.807) is 13.0 Å². The molecule has 1 N–H and O–H groups in total. The number of hydrogen-bond donors (Lipinski definition) is 1. The summed E-state index contributed by atoms with van der Waals surface area (Å²) in [6, 6.07) is 0. The predicted octanol–water partition coefficient (Wildman–Crippen LogP) is 4.04. The van der Waals surface area contributed by atoms with Crippen molar-refractivity contribution in [3.63, 3.8) is 0 Å². The zero-order valence-electron chi connectivity index (χ0n) is 9.26. The molecule has 0 fully saturated rings. The van der Waals surface area contributed by atoms with Crippen LogP contribution in [0.25, 0.3) is 0 Å². The molecule has 0 spiro atoms. The largest absolute Gasteiger partial charge is 0.364 e. The molecule has 0 aliphatic heterocycles. The van der Waals surface area contributed by atoms with Crippen molar-refractivity contribution >= 4 is 0 Å². The van der Waals surface area contributed by atoms with E-state index < -0.39 is 6.36 Å². The Balaban J connectivity index is 3.22. The van der Waals surface area contributed by atoms with Crippen LogP contribution in [0.4, 0.5) is 8.78 Å². The van der Waals surface area contributed by atoms with E-state index in [0.717, 1.165) is 25.7 Å². The van der Waals surface area contributed by atoms with Gasteiger partial charge in [0.05, 0.1) is 0 Å². The van der Waals surface area contributed by atoms with E-state index in [1.807, 2.05) is 0 Å². The lowest BCUT2D eigenvalue weighted by Gasteiger charge is -2.00. The molecule has 1 atom stereocenters. The van der Waals surface area contributed by atoms with Gasteiger partial charge in [-0.3, -0.25) is 0 Å². The van der Waals surface area contributed by atoms with Crippen LogP contribution in [0.2, 0.25) is 0 Å². The number of aliphatic hydroxyl groups excluding tert-OH is 1. The molecule has 15 heavy (non-hydrogen) atoms. The van der Waals surface area contributed by atoms with Crippen molar-refractivity contribution in [3.8, 4) is 0 Å². The molecule has 0 rings (SSSR count). The van der Waals surface area contributed by atoms with Crippen molar-refractivity contribution in [3.05, 3.63) is 24.1 Å². The van der Waals surface area contributed by atoms with Crippen molar-refractivity contribution in [2.24, 2.45) is 0 Å². The van der Waals surface area contributed by atoms with Crippen molar-refractivity contribution in [2.75, 3.05) is 0 Å². The highest BCUT2D eigenvalue weighted by Gasteiger charge is 1.97. The predicted molar refractivity (Wildman–Crippen MR) is 58.8 cm³/mol. The number of rotatable bonds is 8. The third-order valence-electron chi connectivity index (χ3n) is 2.12. The van der Waals surface area contributed by atoms with Gasteiger partial charge in [-0.05, 0) is 32.3 Å². The normalized spacial score (nSPS) is 14.8. The first-order valence-electron chi connectivity index (χ1n) is 5.47. The van der Waals surface area contributed by atoms with E-state index in [-0.39, 0.29) is 12.2 Å². The van der Waals surface area contributed by atoms with E-state index in [4.69, 9.17) is 5.11 Å². The molecule has 0 heterocycles. The van der Waals surface area contributed by atoms with Gasteiger partial charge in [0.25, 0.3) is 0 Å². The van der Waals surface area contributed by atoms with Crippen LogP contribution in [0.15, 0.2) is 24.1 Å². The molecule has 1 unspecified atom stereocenters. The Hall–Kier alpha value is -0.700. The second-order valence-corrected chi connectivity index (χ2v) is 3.50. The third-order valence-corrected chi connectivity index (χ3v) is 2.12. The van der Waals surface area contributed by atoms with E-state index in [9.17, 15) is 8.78 Å². The lowest BCUT2D eigenvalue weighted by Crippen LogP contribution is -1.95. The number of alkyl halides is 1. The molecule has 0 aliphatic rings. The summed E-state index contributed by atoms with van der Waals surface area (Å²) in [5.74, 6) is -0.212. The molecule has 3 heteroatoms. The topological polar surface area (TPSA) is 20.2 Å². The van der Waals surface area contributed by atoms with Gasteiger partial charge >= 0.3 is 0 Å². The molecule has 88 valence electrons. The van der Waals surface area contributed by atoms with Gasteiger partial charge in [-0.25, -0.2) is 8.78 Å². The molecule has 0 saturated carbocycles. The minimum Gasteiger partial charge on any atom is -0.364 e. The summed E-state index contributed by atoms with van der Waals surface area (Å²) in [5.41, 5.74) is 0. The van der Waals surface area contributed by atoms with E-state index in [1.165, 1.54) is 12.2 Å². The standard InChI is InChI=1S/C12H20F2O/c1-2-11(13)9-7-5-3-4-6-8-10-12(14)15/h2,7,9,12,15H,3-6,8,10H2,1H3/b9-7+,11-2+. The van der Waals surface area contributed by atoms with Crippen molar-refractivity contribution in [2.45, 2.75) is 51.8 Å². The quantitative estimate of drug-likeness (QED) is 0.481. The Bertz CT molecular complexity index is 198. The smallest absolute Gasteiger partial charge is 0.196 e. The first kappa shape index (κ1) is 14.3. The van der Waals surface area contributed by atoms with Gasteiger partial charge in [0.15, 0.2) is 6.36 Å². The van der Waals surface area contributed by atoms with Crippen LogP contribution in [-0.4, -0.2) is 11.5 Å². The lowest BCUT2D eigenvalue weighted by molar-refractivity contribution is 0.0323. The number of halogens is 2. The fourth-order valence-electron chi connectivity index (χ4n) is 1.22. The maximum absolute atomic E-state index is 12.6. The van der Waals surface area contributed by atoms with E-state index in [2.05, 4.69) is 0 Å². The van der Waals surface area contributed by atoms with Crippen LogP contribution in [-0.2, 0) is 0 Å². The highest BCUT2D eigenvalue weighted by molar-refractivity contribution is 5.09. The first-order chi connectivity index (χ1) is 7.16.